The number of thiocarbonyl (C=S) groups is 1. The van der Waals surface area contributed by atoms with Crippen molar-refractivity contribution < 1.29 is 27.4 Å². The van der Waals surface area contributed by atoms with Crippen LogP contribution in [0.3, 0.4) is 0 Å². The Hall–Kier alpha value is -2.13. The van der Waals surface area contributed by atoms with Crippen LogP contribution >= 0.6 is 12.2 Å². The molecule has 0 amide bonds. The first-order valence-corrected chi connectivity index (χ1v) is 7.76. The number of hydrogen-bond donors (Lipinski definition) is 2. The molecule has 1 heterocycles. The van der Waals surface area contributed by atoms with Crippen LogP contribution < -0.4 is 10.6 Å². The van der Waals surface area contributed by atoms with Crippen molar-refractivity contribution >= 4 is 23.3 Å². The highest BCUT2D eigenvalue weighted by atomic mass is 32.1. The molecule has 25 heavy (non-hydrogen) atoms. The number of hydrogen-bond acceptors (Lipinski definition) is 4. The van der Waals surface area contributed by atoms with Gasteiger partial charge >= 0.3 is 12.1 Å². The molecule has 0 fully saturated rings. The third-order valence-corrected chi connectivity index (χ3v) is 3.78. The van der Waals surface area contributed by atoms with Gasteiger partial charge in [-0.25, -0.2) is 4.79 Å². The van der Waals surface area contributed by atoms with E-state index in [2.05, 4.69) is 10.6 Å². The average molecular weight is 374 g/mol. The molecule has 5 nitrogen and oxygen atoms in total. The Bertz CT molecular complexity index is 704. The van der Waals surface area contributed by atoms with Crippen LogP contribution in [0.15, 0.2) is 35.5 Å². The number of benzene rings is 1. The van der Waals surface area contributed by atoms with E-state index in [-0.39, 0.29) is 29.5 Å². The Kier molecular flexibility index (Phi) is 6.02. The number of rotatable bonds is 5. The highest BCUT2D eigenvalue weighted by Gasteiger charge is 2.34. The lowest BCUT2D eigenvalue weighted by atomic mass is 9.94. The lowest BCUT2D eigenvalue weighted by molar-refractivity contribution is -0.140. The third-order valence-electron chi connectivity index (χ3n) is 3.56. The molecule has 1 aliphatic heterocycles. The molecule has 2 N–H and O–H groups in total. The quantitative estimate of drug-likeness (QED) is 0.470. The number of allylic oxidation sites excluding steroid dienone is 1. The van der Waals surface area contributed by atoms with Crippen LogP contribution in [-0.4, -0.2) is 31.4 Å². The van der Waals surface area contributed by atoms with E-state index in [1.165, 1.54) is 19.2 Å². The van der Waals surface area contributed by atoms with Crippen molar-refractivity contribution in [1.82, 2.24) is 10.6 Å². The summed E-state index contributed by atoms with van der Waals surface area (Å²) in [6.07, 6.45) is -4.48. The highest BCUT2D eigenvalue weighted by molar-refractivity contribution is 7.80. The first-order chi connectivity index (χ1) is 11.7. The smallest absolute Gasteiger partial charge is 0.416 e. The van der Waals surface area contributed by atoms with Crippen LogP contribution in [0, 0.1) is 0 Å². The molecule has 0 saturated heterocycles. The Morgan fingerprint density at radius 1 is 1.32 bits per heavy atom. The summed E-state index contributed by atoms with van der Waals surface area (Å²) in [5.41, 5.74) is 0.0512. The van der Waals surface area contributed by atoms with Gasteiger partial charge in [-0.2, -0.15) is 13.2 Å². The van der Waals surface area contributed by atoms with Gasteiger partial charge in [-0.15, -0.1) is 0 Å². The Morgan fingerprint density at radius 2 is 2.04 bits per heavy atom. The van der Waals surface area contributed by atoms with Gasteiger partial charge in [-0.3, -0.25) is 0 Å². The monoisotopic (exact) mass is 374 g/mol. The SMILES string of the molecule is COCCOC(=O)C1=C(C)NC(=S)N[C@@H]1c1cccc(C(F)(F)F)c1. The number of alkyl halides is 3. The molecular formula is C16H17F3N2O3S. The van der Waals surface area contributed by atoms with Crippen LogP contribution in [0.5, 0.6) is 0 Å². The number of carbonyl (C=O) groups is 1. The number of ether oxygens (including phenoxy) is 2. The minimum atomic E-state index is -4.48. The number of nitrogens with one attached hydrogen (secondary N) is 2. The first kappa shape index (κ1) is 19.2. The number of carbonyl (C=O) groups excluding carboxylic acids is 1. The van der Waals surface area contributed by atoms with Gasteiger partial charge in [0.05, 0.1) is 23.8 Å². The fourth-order valence-corrected chi connectivity index (χ4v) is 2.68. The summed E-state index contributed by atoms with van der Waals surface area (Å²) in [5, 5.41) is 5.83. The maximum absolute atomic E-state index is 13.0. The molecule has 2 rings (SSSR count). The zero-order chi connectivity index (χ0) is 18.6. The van der Waals surface area contributed by atoms with Gasteiger partial charge < -0.3 is 20.1 Å². The molecule has 0 radical (unpaired) electrons. The minimum Gasteiger partial charge on any atom is -0.460 e. The van der Waals surface area contributed by atoms with Gasteiger partial charge in [-0.05, 0) is 36.8 Å². The predicted octanol–water partition coefficient (Wildman–Crippen LogP) is 2.69. The molecule has 0 spiro atoms. The summed E-state index contributed by atoms with van der Waals surface area (Å²) in [6.45, 7) is 1.86. The fourth-order valence-electron chi connectivity index (χ4n) is 2.40. The molecular weight excluding hydrogens is 357 g/mol. The fraction of sp³-hybridized carbons (Fsp3) is 0.375. The topological polar surface area (TPSA) is 59.6 Å². The van der Waals surface area contributed by atoms with Crippen molar-refractivity contribution in [3.63, 3.8) is 0 Å². The second kappa shape index (κ2) is 7.83. The molecule has 1 aromatic rings. The van der Waals surface area contributed by atoms with Gasteiger partial charge in [0.2, 0.25) is 0 Å². The van der Waals surface area contributed by atoms with Crippen molar-refractivity contribution in [2.75, 3.05) is 20.3 Å². The summed E-state index contributed by atoms with van der Waals surface area (Å²) in [7, 11) is 1.46. The van der Waals surface area contributed by atoms with E-state index in [0.29, 0.717) is 5.70 Å². The zero-order valence-electron chi connectivity index (χ0n) is 13.6. The Morgan fingerprint density at radius 3 is 2.68 bits per heavy atom. The summed E-state index contributed by atoms with van der Waals surface area (Å²) >= 11 is 5.06. The molecule has 0 saturated carbocycles. The Labute approximate surface area is 148 Å². The van der Waals surface area contributed by atoms with Crippen LogP contribution in [0.2, 0.25) is 0 Å². The summed E-state index contributed by atoms with van der Waals surface area (Å²) in [4.78, 5) is 12.4. The summed E-state index contributed by atoms with van der Waals surface area (Å²) in [5.74, 6) is -0.653. The van der Waals surface area contributed by atoms with Gasteiger partial charge in [0, 0.05) is 12.8 Å². The maximum atomic E-state index is 13.0. The van der Waals surface area contributed by atoms with E-state index in [9.17, 15) is 18.0 Å². The molecule has 0 bridgehead atoms. The standard InChI is InChI=1S/C16H17F3N2O3S/c1-9-12(14(22)24-7-6-23-2)13(21-15(25)20-9)10-4-3-5-11(8-10)16(17,18)19/h3-5,8,13H,6-7H2,1-2H3,(H2,20,21,25)/t13-/m1/s1. The van der Waals surface area contributed by atoms with Crippen molar-refractivity contribution in [2.45, 2.75) is 19.1 Å². The van der Waals surface area contributed by atoms with Crippen LogP contribution in [-0.2, 0) is 20.4 Å². The molecule has 136 valence electrons. The number of methoxy groups -OCH3 is 1. The van der Waals surface area contributed by atoms with Crippen molar-refractivity contribution in [2.24, 2.45) is 0 Å². The third kappa shape index (κ3) is 4.70. The molecule has 0 unspecified atom stereocenters. The van der Waals surface area contributed by atoms with Crippen LogP contribution in [0.4, 0.5) is 13.2 Å². The van der Waals surface area contributed by atoms with Gasteiger partial charge in [0.15, 0.2) is 5.11 Å². The van der Waals surface area contributed by atoms with Crippen LogP contribution in [0.1, 0.15) is 24.1 Å². The zero-order valence-corrected chi connectivity index (χ0v) is 14.4. The van der Waals surface area contributed by atoms with Gasteiger partial charge in [0.1, 0.15) is 6.61 Å². The molecule has 1 aliphatic rings. The highest BCUT2D eigenvalue weighted by Crippen LogP contribution is 2.33. The summed E-state index contributed by atoms with van der Waals surface area (Å²) < 4.78 is 48.8. The van der Waals surface area contributed by atoms with Crippen molar-refractivity contribution in [1.29, 1.82) is 0 Å². The number of esters is 1. The van der Waals surface area contributed by atoms with Crippen molar-refractivity contribution in [3.05, 3.63) is 46.7 Å². The maximum Gasteiger partial charge on any atom is 0.416 e. The molecule has 1 atom stereocenters. The van der Waals surface area contributed by atoms with E-state index in [1.54, 1.807) is 6.92 Å². The van der Waals surface area contributed by atoms with Gasteiger partial charge in [-0.1, -0.05) is 12.1 Å². The van der Waals surface area contributed by atoms with Crippen LogP contribution in [0.25, 0.3) is 0 Å². The lowest BCUT2D eigenvalue weighted by Gasteiger charge is -2.30. The molecule has 0 aromatic heterocycles. The van der Waals surface area contributed by atoms with E-state index >= 15 is 0 Å². The molecule has 1 aromatic carbocycles. The second-order valence-electron chi connectivity index (χ2n) is 5.32. The predicted molar refractivity (Wildman–Crippen MR) is 88.6 cm³/mol. The van der Waals surface area contributed by atoms with E-state index in [1.807, 2.05) is 0 Å². The van der Waals surface area contributed by atoms with Crippen molar-refractivity contribution in [3.8, 4) is 0 Å². The minimum absolute atomic E-state index is 0.0336. The number of halogens is 3. The molecule has 9 heteroatoms. The molecule has 0 aliphatic carbocycles. The first-order valence-electron chi connectivity index (χ1n) is 7.35. The average Bonchev–Trinajstić information content (AvgIpc) is 2.53. The Balaban J connectivity index is 2.37. The largest absolute Gasteiger partial charge is 0.460 e. The normalized spacial score (nSPS) is 17.8. The van der Waals surface area contributed by atoms with Gasteiger partial charge in [0.25, 0.3) is 0 Å². The van der Waals surface area contributed by atoms with E-state index < -0.39 is 23.8 Å². The second-order valence-corrected chi connectivity index (χ2v) is 5.73. The summed E-state index contributed by atoms with van der Waals surface area (Å²) in [6, 6.07) is 3.90. The van der Waals surface area contributed by atoms with E-state index in [4.69, 9.17) is 21.7 Å². The lowest BCUT2D eigenvalue weighted by Crippen LogP contribution is -2.45. The van der Waals surface area contributed by atoms with E-state index in [0.717, 1.165) is 12.1 Å².